The van der Waals surface area contributed by atoms with Gasteiger partial charge >= 0.3 is 0 Å². The van der Waals surface area contributed by atoms with Crippen LogP contribution in [0.4, 0.5) is 14.5 Å². The predicted octanol–water partition coefficient (Wildman–Crippen LogP) is 1.38. The zero-order valence-corrected chi connectivity index (χ0v) is 9.86. The Morgan fingerprint density at radius 1 is 1.32 bits per heavy atom. The number of nitrogens with zero attached hydrogens (tertiary/aromatic N) is 1. The number of halogens is 2. The Hall–Kier alpha value is -2.09. The Bertz CT molecular complexity index is 494. The molecule has 1 aromatic carbocycles. The number of nitro groups is 1. The van der Waals surface area contributed by atoms with Crippen molar-refractivity contribution in [2.24, 2.45) is 0 Å². The molecule has 1 amide bonds. The molecule has 0 atom stereocenters. The molecule has 0 fully saturated rings. The first-order chi connectivity index (χ1) is 8.97. The second-order valence-corrected chi connectivity index (χ2v) is 3.73. The maximum atomic E-state index is 13.0. The number of nitrogens with one attached hydrogen (secondary N) is 1. The molecule has 0 aliphatic carbocycles. The minimum Gasteiger partial charge on any atom is -0.396 e. The Balaban J connectivity index is 2.89. The first kappa shape index (κ1) is 15.0. The maximum Gasteiger partial charge on any atom is 0.285 e. The molecular formula is C11H12F2N2O4. The number of hydrogen-bond acceptors (Lipinski definition) is 4. The normalized spacial score (nSPS) is 10.3. The molecule has 104 valence electrons. The topological polar surface area (TPSA) is 92.5 Å². The molecule has 1 aromatic rings. The largest absolute Gasteiger partial charge is 0.396 e. The van der Waals surface area contributed by atoms with Crippen LogP contribution in [0.25, 0.3) is 0 Å². The van der Waals surface area contributed by atoms with E-state index >= 15 is 0 Å². The smallest absolute Gasteiger partial charge is 0.285 e. The van der Waals surface area contributed by atoms with Crippen LogP contribution in [0.15, 0.2) is 12.1 Å². The molecule has 0 saturated heterocycles. The molecule has 0 unspecified atom stereocenters. The van der Waals surface area contributed by atoms with Gasteiger partial charge in [0.15, 0.2) is 11.6 Å². The van der Waals surface area contributed by atoms with Crippen molar-refractivity contribution in [2.45, 2.75) is 12.8 Å². The molecular weight excluding hydrogens is 262 g/mol. The number of carbonyl (C=O) groups is 1. The van der Waals surface area contributed by atoms with E-state index in [0.717, 1.165) is 0 Å². The van der Waals surface area contributed by atoms with Crippen molar-refractivity contribution in [3.8, 4) is 0 Å². The van der Waals surface area contributed by atoms with Gasteiger partial charge in [0.1, 0.15) is 5.56 Å². The average Bonchev–Trinajstić information content (AvgIpc) is 2.36. The van der Waals surface area contributed by atoms with Crippen LogP contribution in [0.1, 0.15) is 23.2 Å². The molecule has 0 heterocycles. The van der Waals surface area contributed by atoms with Gasteiger partial charge in [-0.2, -0.15) is 0 Å². The fraction of sp³-hybridized carbons (Fsp3) is 0.364. The van der Waals surface area contributed by atoms with Gasteiger partial charge in [-0.15, -0.1) is 0 Å². The van der Waals surface area contributed by atoms with Crippen molar-refractivity contribution in [3.63, 3.8) is 0 Å². The Labute approximate surface area is 107 Å². The van der Waals surface area contributed by atoms with Crippen molar-refractivity contribution >= 4 is 11.6 Å². The van der Waals surface area contributed by atoms with Gasteiger partial charge < -0.3 is 10.4 Å². The first-order valence-electron chi connectivity index (χ1n) is 5.50. The molecule has 0 aliphatic rings. The molecule has 0 aliphatic heterocycles. The highest BCUT2D eigenvalue weighted by Crippen LogP contribution is 2.22. The van der Waals surface area contributed by atoms with Gasteiger partial charge in [-0.05, 0) is 18.9 Å². The SMILES string of the molecule is O=C(NCCCCO)c1cc(F)c(F)cc1[N+](=O)[O-]. The van der Waals surface area contributed by atoms with E-state index in [1.165, 1.54) is 0 Å². The molecule has 0 bridgehead atoms. The van der Waals surface area contributed by atoms with E-state index < -0.39 is 33.7 Å². The summed E-state index contributed by atoms with van der Waals surface area (Å²) in [6.07, 6.45) is 0.930. The fourth-order valence-corrected chi connectivity index (χ4v) is 1.40. The van der Waals surface area contributed by atoms with Gasteiger partial charge in [-0.1, -0.05) is 0 Å². The molecule has 0 radical (unpaired) electrons. The molecule has 1 rings (SSSR count). The number of hydrogen-bond donors (Lipinski definition) is 2. The number of aliphatic hydroxyl groups is 1. The van der Waals surface area contributed by atoms with E-state index in [2.05, 4.69) is 5.32 Å². The summed E-state index contributed by atoms with van der Waals surface area (Å²) in [6.45, 7) is 0.136. The van der Waals surface area contributed by atoms with Crippen molar-refractivity contribution in [3.05, 3.63) is 39.4 Å². The number of amides is 1. The summed E-state index contributed by atoms with van der Waals surface area (Å²) in [5.74, 6) is -3.57. The summed E-state index contributed by atoms with van der Waals surface area (Å²) in [6, 6.07) is 0.868. The average molecular weight is 274 g/mol. The summed E-state index contributed by atoms with van der Waals surface area (Å²) in [5.41, 5.74) is -1.33. The summed E-state index contributed by atoms with van der Waals surface area (Å²) < 4.78 is 25.9. The summed E-state index contributed by atoms with van der Waals surface area (Å²) >= 11 is 0. The number of nitro benzene ring substituents is 1. The zero-order chi connectivity index (χ0) is 14.4. The van der Waals surface area contributed by atoms with Gasteiger partial charge in [0.05, 0.1) is 11.0 Å². The van der Waals surface area contributed by atoms with E-state index in [9.17, 15) is 23.7 Å². The lowest BCUT2D eigenvalue weighted by atomic mass is 10.1. The van der Waals surface area contributed by atoms with Crippen LogP contribution in [-0.4, -0.2) is 29.1 Å². The standard InChI is InChI=1S/C11H12F2N2O4/c12-8-5-7(10(15(18)19)6-9(8)13)11(17)14-3-1-2-4-16/h5-6,16H,1-4H2,(H,14,17). The second kappa shape index (κ2) is 6.74. The van der Waals surface area contributed by atoms with Crippen LogP contribution in [0.5, 0.6) is 0 Å². The minimum absolute atomic E-state index is 0.0405. The molecule has 0 saturated carbocycles. The maximum absolute atomic E-state index is 13.0. The van der Waals surface area contributed by atoms with E-state index in [-0.39, 0.29) is 13.2 Å². The number of aliphatic hydroxyl groups excluding tert-OH is 1. The second-order valence-electron chi connectivity index (χ2n) is 3.73. The lowest BCUT2D eigenvalue weighted by molar-refractivity contribution is -0.385. The first-order valence-corrected chi connectivity index (χ1v) is 5.50. The molecule has 2 N–H and O–H groups in total. The predicted molar refractivity (Wildman–Crippen MR) is 61.7 cm³/mol. The number of rotatable bonds is 6. The van der Waals surface area contributed by atoms with Crippen molar-refractivity contribution in [1.29, 1.82) is 0 Å². The van der Waals surface area contributed by atoms with E-state index in [0.29, 0.717) is 25.0 Å². The van der Waals surface area contributed by atoms with Crippen molar-refractivity contribution in [1.82, 2.24) is 5.32 Å². The van der Waals surface area contributed by atoms with E-state index in [1.54, 1.807) is 0 Å². The summed E-state index contributed by atoms with van der Waals surface area (Å²) in [5, 5.41) is 21.5. The molecule has 0 aromatic heterocycles. The minimum atomic E-state index is -1.39. The number of unbranched alkanes of at least 4 members (excludes halogenated alkanes) is 1. The van der Waals surface area contributed by atoms with Crippen LogP contribution in [-0.2, 0) is 0 Å². The van der Waals surface area contributed by atoms with E-state index in [1.807, 2.05) is 0 Å². The Morgan fingerprint density at radius 3 is 2.53 bits per heavy atom. The van der Waals surface area contributed by atoms with E-state index in [4.69, 9.17) is 5.11 Å². The number of benzene rings is 1. The lowest BCUT2D eigenvalue weighted by Crippen LogP contribution is -2.25. The summed E-state index contributed by atoms with van der Waals surface area (Å²) in [7, 11) is 0. The van der Waals surface area contributed by atoms with Gasteiger partial charge in [0.25, 0.3) is 11.6 Å². The van der Waals surface area contributed by atoms with Crippen LogP contribution < -0.4 is 5.32 Å². The summed E-state index contributed by atoms with van der Waals surface area (Å²) in [4.78, 5) is 21.3. The van der Waals surface area contributed by atoms with Crippen molar-refractivity contribution < 1.29 is 23.6 Å². The number of carbonyl (C=O) groups excluding carboxylic acids is 1. The molecule has 6 nitrogen and oxygen atoms in total. The van der Waals surface area contributed by atoms with Gasteiger partial charge in [0.2, 0.25) is 0 Å². The monoisotopic (exact) mass is 274 g/mol. The van der Waals surface area contributed by atoms with Crippen LogP contribution in [0.2, 0.25) is 0 Å². The van der Waals surface area contributed by atoms with Gasteiger partial charge in [-0.3, -0.25) is 14.9 Å². The van der Waals surface area contributed by atoms with Crippen molar-refractivity contribution in [2.75, 3.05) is 13.2 Å². The highest BCUT2D eigenvalue weighted by molar-refractivity contribution is 5.98. The van der Waals surface area contributed by atoms with Crippen LogP contribution in [0.3, 0.4) is 0 Å². The quantitative estimate of drug-likeness (QED) is 0.465. The fourth-order valence-electron chi connectivity index (χ4n) is 1.40. The highest BCUT2D eigenvalue weighted by Gasteiger charge is 2.23. The Kier molecular flexibility index (Phi) is 5.31. The lowest BCUT2D eigenvalue weighted by Gasteiger charge is -2.06. The van der Waals surface area contributed by atoms with Gasteiger partial charge in [-0.25, -0.2) is 8.78 Å². The molecule has 19 heavy (non-hydrogen) atoms. The third-order valence-electron chi connectivity index (χ3n) is 2.35. The third-order valence-corrected chi connectivity index (χ3v) is 2.35. The van der Waals surface area contributed by atoms with Gasteiger partial charge in [0, 0.05) is 13.2 Å². The highest BCUT2D eigenvalue weighted by atomic mass is 19.2. The third kappa shape index (κ3) is 3.95. The van der Waals surface area contributed by atoms with Crippen LogP contribution in [0, 0.1) is 21.7 Å². The zero-order valence-electron chi connectivity index (χ0n) is 9.86. The molecule has 8 heteroatoms. The molecule has 0 spiro atoms. The Morgan fingerprint density at radius 2 is 1.95 bits per heavy atom. The van der Waals surface area contributed by atoms with Crippen LogP contribution >= 0.6 is 0 Å².